The van der Waals surface area contributed by atoms with Gasteiger partial charge in [0, 0.05) is 0 Å². The molecule has 2 rings (SSSR count). The summed E-state index contributed by atoms with van der Waals surface area (Å²) in [5, 5.41) is 0. The van der Waals surface area contributed by atoms with E-state index in [1.807, 2.05) is 0 Å². The summed E-state index contributed by atoms with van der Waals surface area (Å²) in [7, 11) is 0. The second kappa shape index (κ2) is 5.56. The van der Waals surface area contributed by atoms with Gasteiger partial charge in [-0.05, 0) is 0 Å². The van der Waals surface area contributed by atoms with Gasteiger partial charge in [0.25, 0.3) is 0 Å². The van der Waals surface area contributed by atoms with Gasteiger partial charge in [-0.25, -0.2) is 0 Å². The third-order valence-electron chi connectivity index (χ3n) is 1.85. The molecule has 0 saturated heterocycles. The van der Waals surface area contributed by atoms with Crippen LogP contribution in [0.5, 0.6) is 0 Å². The first-order valence-corrected chi connectivity index (χ1v) is 7.72. The van der Waals surface area contributed by atoms with E-state index < -0.39 is 22.9 Å². The standard InChI is InChI=1S/C6H5.C5H5.ClH.Hf/c1-2-4-6-5-3-1;1-2-4-5-3-1;;/h1-5H;1-3H,4H2;1H;. The van der Waals surface area contributed by atoms with Crippen LogP contribution in [0, 0.1) is 0 Å². The molecule has 0 heterocycles. The van der Waals surface area contributed by atoms with Crippen LogP contribution in [0.4, 0.5) is 0 Å². The molecule has 66 valence electrons. The van der Waals surface area contributed by atoms with Crippen LogP contribution in [0.1, 0.15) is 6.42 Å². The van der Waals surface area contributed by atoms with E-state index in [9.17, 15) is 0 Å². The number of hydrogen-bond acceptors (Lipinski definition) is 0. The van der Waals surface area contributed by atoms with Gasteiger partial charge in [-0.3, -0.25) is 0 Å². The van der Waals surface area contributed by atoms with Crippen LogP contribution in [-0.2, 0) is 22.9 Å². The van der Waals surface area contributed by atoms with E-state index in [0.717, 1.165) is 0 Å². The van der Waals surface area contributed by atoms with Crippen molar-refractivity contribution < 1.29 is 22.9 Å². The van der Waals surface area contributed by atoms with E-state index in [1.165, 1.54) is 6.42 Å². The quantitative estimate of drug-likeness (QED) is 0.714. The first-order valence-electron chi connectivity index (χ1n) is 4.13. The topological polar surface area (TPSA) is 0 Å². The minimum atomic E-state index is -0.633. The van der Waals surface area contributed by atoms with E-state index in [2.05, 4.69) is 48.6 Å². The van der Waals surface area contributed by atoms with Gasteiger partial charge in [0.1, 0.15) is 0 Å². The van der Waals surface area contributed by atoms with Gasteiger partial charge in [-0.1, -0.05) is 0 Å². The summed E-state index contributed by atoms with van der Waals surface area (Å²) in [4.78, 5) is 0. The predicted octanol–water partition coefficient (Wildman–Crippen LogP) is 2.66. The summed E-state index contributed by atoms with van der Waals surface area (Å²) in [5.74, 6) is 0. The maximum atomic E-state index is 2.30. The van der Waals surface area contributed by atoms with Gasteiger partial charge in [0.2, 0.25) is 0 Å². The number of halogens is 1. The molecule has 2 heteroatoms. The minimum absolute atomic E-state index is 0. The molecule has 1 aromatic carbocycles. The molecule has 0 aliphatic heterocycles. The molecule has 0 amide bonds. The van der Waals surface area contributed by atoms with Gasteiger partial charge < -0.3 is 0 Å². The number of rotatable bonds is 2. The van der Waals surface area contributed by atoms with Crippen LogP contribution in [0.2, 0.25) is 0 Å². The fraction of sp³-hybridized carbons (Fsp3) is 0.0909. The smallest absolute Gasteiger partial charge is 0.147 e. The molecule has 0 radical (unpaired) electrons. The molecule has 0 bridgehead atoms. The van der Waals surface area contributed by atoms with Crippen molar-refractivity contribution in [2.24, 2.45) is 0 Å². The molecule has 0 aromatic heterocycles. The van der Waals surface area contributed by atoms with Crippen LogP contribution in [0.3, 0.4) is 0 Å². The molecular formula is C11H11ClHf. The second-order valence-corrected chi connectivity index (χ2v) is 8.09. The summed E-state index contributed by atoms with van der Waals surface area (Å²) in [5.41, 5.74) is 0. The van der Waals surface area contributed by atoms with Crippen molar-refractivity contribution in [3.63, 3.8) is 0 Å². The Hall–Kier alpha value is -0.140. The fourth-order valence-electron chi connectivity index (χ4n) is 1.25. The molecule has 1 aliphatic carbocycles. The summed E-state index contributed by atoms with van der Waals surface area (Å²) < 4.78 is 3.31. The normalized spacial score (nSPS) is 13.4. The zero-order valence-corrected chi connectivity index (χ0v) is 11.6. The van der Waals surface area contributed by atoms with Crippen molar-refractivity contribution in [2.45, 2.75) is 6.42 Å². The fourth-order valence-corrected chi connectivity index (χ4v) is 5.30. The van der Waals surface area contributed by atoms with Gasteiger partial charge in [-0.15, -0.1) is 12.4 Å². The Labute approximate surface area is 96.5 Å². The van der Waals surface area contributed by atoms with E-state index in [0.29, 0.717) is 0 Å². The average molecular weight is 357 g/mol. The Bertz CT molecular complexity index is 314. The van der Waals surface area contributed by atoms with E-state index in [4.69, 9.17) is 0 Å². The van der Waals surface area contributed by atoms with E-state index in [1.54, 1.807) is 6.65 Å². The third kappa shape index (κ3) is 3.24. The average Bonchev–Trinajstić information content (AvgIpc) is 2.59. The Morgan fingerprint density at radius 2 is 1.85 bits per heavy atom. The van der Waals surface area contributed by atoms with Crippen molar-refractivity contribution in [3.05, 3.63) is 51.9 Å². The van der Waals surface area contributed by atoms with Crippen LogP contribution in [-0.4, -0.2) is 0 Å². The van der Waals surface area contributed by atoms with Crippen LogP contribution >= 0.6 is 12.4 Å². The molecule has 0 fully saturated rings. The molecule has 0 nitrogen and oxygen atoms in total. The predicted molar refractivity (Wildman–Crippen MR) is 55.2 cm³/mol. The number of allylic oxidation sites excluding steroid dienone is 4. The van der Waals surface area contributed by atoms with Crippen LogP contribution in [0.25, 0.3) is 0 Å². The Kier molecular flexibility index (Phi) is 4.68. The molecule has 1 aliphatic rings. The third-order valence-corrected chi connectivity index (χ3v) is 6.57. The first-order chi connectivity index (χ1) is 5.95. The summed E-state index contributed by atoms with van der Waals surface area (Å²) in [6.07, 6.45) is 7.96. The maximum Gasteiger partial charge on any atom is -0.147 e. The van der Waals surface area contributed by atoms with E-state index in [-0.39, 0.29) is 12.4 Å². The Morgan fingerprint density at radius 3 is 2.46 bits per heavy atom. The molecule has 0 N–H and O–H groups in total. The van der Waals surface area contributed by atoms with Crippen molar-refractivity contribution in [1.29, 1.82) is 0 Å². The molecular weight excluding hydrogens is 346 g/mol. The van der Waals surface area contributed by atoms with Crippen LogP contribution in [0.15, 0.2) is 51.9 Å². The van der Waals surface area contributed by atoms with Crippen molar-refractivity contribution in [1.82, 2.24) is 0 Å². The van der Waals surface area contributed by atoms with Gasteiger partial charge in [0.05, 0.1) is 0 Å². The van der Waals surface area contributed by atoms with Crippen molar-refractivity contribution in [3.8, 4) is 0 Å². The summed E-state index contributed by atoms with van der Waals surface area (Å²) in [6.45, 7) is 0. The van der Waals surface area contributed by atoms with Gasteiger partial charge >= 0.3 is 84.5 Å². The van der Waals surface area contributed by atoms with Crippen molar-refractivity contribution in [2.75, 3.05) is 0 Å². The van der Waals surface area contributed by atoms with Crippen molar-refractivity contribution >= 4 is 15.7 Å². The summed E-state index contributed by atoms with van der Waals surface area (Å²) in [6, 6.07) is 10.9. The molecule has 13 heavy (non-hydrogen) atoms. The largest absolute Gasteiger partial charge is 0.147 e. The summed E-state index contributed by atoms with van der Waals surface area (Å²) >= 11 is -0.633. The number of benzene rings is 1. The van der Waals surface area contributed by atoms with Gasteiger partial charge in [0.15, 0.2) is 0 Å². The number of hydrogen-bond donors (Lipinski definition) is 0. The first kappa shape index (κ1) is 10.9. The zero-order chi connectivity index (χ0) is 8.23. The SMILES string of the molecule is C1=CC[C]([Hf][c]2ccccc2)=C1.Cl. The molecule has 1 aromatic rings. The second-order valence-electron chi connectivity index (χ2n) is 2.82. The molecule has 0 saturated carbocycles. The van der Waals surface area contributed by atoms with Gasteiger partial charge in [-0.2, -0.15) is 0 Å². The monoisotopic (exact) mass is 358 g/mol. The van der Waals surface area contributed by atoms with Crippen LogP contribution < -0.4 is 3.32 Å². The molecule has 0 atom stereocenters. The zero-order valence-electron chi connectivity index (χ0n) is 7.23. The Morgan fingerprint density at radius 1 is 1.08 bits per heavy atom. The molecule has 0 spiro atoms. The maximum absolute atomic E-state index is 2.30. The Balaban J connectivity index is 0.000000845. The molecule has 0 unspecified atom stereocenters. The van der Waals surface area contributed by atoms with E-state index >= 15 is 0 Å². The minimum Gasteiger partial charge on any atom is -0.147 e.